The van der Waals surface area contributed by atoms with Crippen molar-refractivity contribution in [2.75, 3.05) is 12.3 Å². The summed E-state index contributed by atoms with van der Waals surface area (Å²) in [6, 6.07) is 16.9. The summed E-state index contributed by atoms with van der Waals surface area (Å²) in [6.45, 7) is 0.933. The molecule has 7 heteroatoms. The number of nitrogens with zero attached hydrogens (tertiary/aromatic N) is 2. The number of aromatic amines is 1. The van der Waals surface area contributed by atoms with E-state index >= 15 is 0 Å². The Morgan fingerprint density at radius 1 is 1.11 bits per heavy atom. The van der Waals surface area contributed by atoms with Gasteiger partial charge in [-0.25, -0.2) is 8.42 Å². The van der Waals surface area contributed by atoms with E-state index in [1.165, 1.54) is 4.31 Å². The summed E-state index contributed by atoms with van der Waals surface area (Å²) in [4.78, 5) is 14.5. The van der Waals surface area contributed by atoms with Crippen molar-refractivity contribution >= 4 is 20.9 Å². The lowest BCUT2D eigenvalue weighted by atomic mass is 10.0. The van der Waals surface area contributed by atoms with Crippen molar-refractivity contribution in [1.82, 2.24) is 9.29 Å². The first-order valence-corrected chi connectivity index (χ1v) is 10.2. The highest BCUT2D eigenvalue weighted by atomic mass is 32.2. The fraction of sp³-hybridized carbons (Fsp3) is 0.200. The summed E-state index contributed by atoms with van der Waals surface area (Å²) in [5, 5.41) is 9.83. The summed E-state index contributed by atoms with van der Waals surface area (Å²) in [6.07, 6.45) is 0.673. The maximum Gasteiger partial charge on any atom is 0.266 e. The van der Waals surface area contributed by atoms with E-state index in [1.807, 2.05) is 48.5 Å². The minimum absolute atomic E-state index is 0.0765. The monoisotopic (exact) mass is 379 g/mol. The number of nitriles is 1. The van der Waals surface area contributed by atoms with Crippen LogP contribution in [0.4, 0.5) is 0 Å². The molecule has 0 radical (unpaired) electrons. The second kappa shape index (κ2) is 6.65. The fourth-order valence-corrected chi connectivity index (χ4v) is 4.90. The quantitative estimate of drug-likeness (QED) is 0.757. The van der Waals surface area contributed by atoms with Crippen molar-refractivity contribution in [3.8, 4) is 17.2 Å². The van der Waals surface area contributed by atoms with Crippen molar-refractivity contribution < 1.29 is 8.42 Å². The number of H-pyrrole nitrogens is 1. The zero-order chi connectivity index (χ0) is 19.0. The van der Waals surface area contributed by atoms with Gasteiger partial charge in [0.15, 0.2) is 0 Å². The average Bonchev–Trinajstić information content (AvgIpc) is 2.99. The Morgan fingerprint density at radius 2 is 1.93 bits per heavy atom. The molecule has 0 unspecified atom stereocenters. The fourth-order valence-electron chi connectivity index (χ4n) is 3.39. The first kappa shape index (κ1) is 17.5. The Hall–Kier alpha value is -2.95. The number of fused-ring (bicyclic) bond motifs is 1. The van der Waals surface area contributed by atoms with Crippen LogP contribution in [0.5, 0.6) is 0 Å². The van der Waals surface area contributed by atoms with Gasteiger partial charge in [-0.2, -0.15) is 9.57 Å². The molecule has 0 amide bonds. The first-order valence-electron chi connectivity index (χ1n) is 8.61. The van der Waals surface area contributed by atoms with E-state index in [1.54, 1.807) is 6.07 Å². The Labute approximate surface area is 156 Å². The van der Waals surface area contributed by atoms with Crippen molar-refractivity contribution in [2.24, 2.45) is 0 Å². The van der Waals surface area contributed by atoms with E-state index in [9.17, 15) is 13.2 Å². The van der Waals surface area contributed by atoms with Gasteiger partial charge in [-0.05, 0) is 47.4 Å². The van der Waals surface area contributed by atoms with Crippen molar-refractivity contribution in [1.29, 1.82) is 5.26 Å². The van der Waals surface area contributed by atoms with Crippen molar-refractivity contribution in [2.45, 2.75) is 13.0 Å². The standard InChI is InChI=1S/C20H17N3O3S/c21-12-18-11-17-10-16(5-6-19(17)22-20(18)24)15-4-1-3-14(9-15)13-23-7-2-8-27(23,25)26/h1,3-6,9-11H,2,7-8,13H2,(H,22,24). The molecule has 3 aromatic rings. The van der Waals surface area contributed by atoms with Gasteiger partial charge < -0.3 is 4.98 Å². The molecule has 0 aliphatic carbocycles. The second-order valence-corrected chi connectivity index (χ2v) is 8.72. The van der Waals surface area contributed by atoms with Gasteiger partial charge in [0.1, 0.15) is 11.6 Å². The molecule has 1 N–H and O–H groups in total. The smallest absolute Gasteiger partial charge is 0.266 e. The molecular weight excluding hydrogens is 362 g/mol. The van der Waals surface area contributed by atoms with Gasteiger partial charge in [-0.15, -0.1) is 0 Å². The van der Waals surface area contributed by atoms with Gasteiger partial charge >= 0.3 is 0 Å². The highest BCUT2D eigenvalue weighted by Gasteiger charge is 2.27. The molecule has 1 aliphatic rings. The Kier molecular flexibility index (Phi) is 4.30. The molecule has 1 saturated heterocycles. The highest BCUT2D eigenvalue weighted by Crippen LogP contribution is 2.26. The molecule has 27 heavy (non-hydrogen) atoms. The number of rotatable bonds is 3. The summed E-state index contributed by atoms with van der Waals surface area (Å²) in [7, 11) is -3.13. The number of hydrogen-bond donors (Lipinski definition) is 1. The molecule has 1 aromatic heterocycles. The lowest BCUT2D eigenvalue weighted by Crippen LogP contribution is -2.25. The molecule has 6 nitrogen and oxygen atoms in total. The van der Waals surface area contributed by atoms with Crippen LogP contribution in [0.15, 0.2) is 53.3 Å². The van der Waals surface area contributed by atoms with E-state index in [0.29, 0.717) is 25.0 Å². The third kappa shape index (κ3) is 3.37. The lowest BCUT2D eigenvalue weighted by Gasteiger charge is -2.15. The minimum atomic E-state index is -3.13. The van der Waals surface area contributed by atoms with Crippen LogP contribution in [0.25, 0.3) is 22.0 Å². The second-order valence-electron chi connectivity index (χ2n) is 6.63. The number of sulfonamides is 1. The Morgan fingerprint density at radius 3 is 2.67 bits per heavy atom. The Bertz CT molecular complexity index is 1240. The molecule has 4 rings (SSSR count). The van der Waals surface area contributed by atoms with Crippen LogP contribution in [0.2, 0.25) is 0 Å². The van der Waals surface area contributed by atoms with Crippen LogP contribution in [0.1, 0.15) is 17.5 Å². The van der Waals surface area contributed by atoms with Gasteiger partial charge in [0.05, 0.1) is 5.75 Å². The molecular formula is C20H17N3O3S. The molecule has 2 heterocycles. The molecule has 2 aromatic carbocycles. The predicted molar refractivity (Wildman–Crippen MR) is 104 cm³/mol. The van der Waals surface area contributed by atoms with E-state index in [-0.39, 0.29) is 11.3 Å². The molecule has 0 bridgehead atoms. The predicted octanol–water partition coefficient (Wildman–Crippen LogP) is 2.60. The zero-order valence-corrected chi connectivity index (χ0v) is 15.3. The number of hydrogen-bond acceptors (Lipinski definition) is 4. The molecule has 136 valence electrons. The number of benzene rings is 2. The Balaban J connectivity index is 1.70. The third-order valence-corrected chi connectivity index (χ3v) is 6.69. The third-order valence-electron chi connectivity index (χ3n) is 4.79. The van der Waals surface area contributed by atoms with E-state index in [4.69, 9.17) is 5.26 Å². The van der Waals surface area contributed by atoms with Gasteiger partial charge in [0, 0.05) is 24.0 Å². The molecule has 1 fully saturated rings. The van der Waals surface area contributed by atoms with Gasteiger partial charge in [-0.3, -0.25) is 4.79 Å². The summed E-state index contributed by atoms with van der Waals surface area (Å²) in [5.74, 6) is 0.219. The lowest BCUT2D eigenvalue weighted by molar-refractivity contribution is 0.440. The highest BCUT2D eigenvalue weighted by molar-refractivity contribution is 7.89. The summed E-state index contributed by atoms with van der Waals surface area (Å²) < 4.78 is 25.6. The van der Waals surface area contributed by atoms with Gasteiger partial charge in [-0.1, -0.05) is 24.3 Å². The number of pyridine rings is 1. The largest absolute Gasteiger partial charge is 0.321 e. The topological polar surface area (TPSA) is 94.0 Å². The van der Waals surface area contributed by atoms with Crippen LogP contribution in [0, 0.1) is 11.3 Å². The maximum absolute atomic E-state index is 12.0. The van der Waals surface area contributed by atoms with Crippen LogP contribution in [-0.4, -0.2) is 30.0 Å². The molecule has 0 atom stereocenters. The summed E-state index contributed by atoms with van der Waals surface area (Å²) >= 11 is 0. The normalized spacial score (nSPS) is 16.4. The van der Waals surface area contributed by atoms with Crippen molar-refractivity contribution in [3.63, 3.8) is 0 Å². The van der Waals surface area contributed by atoms with Crippen LogP contribution in [-0.2, 0) is 16.6 Å². The van der Waals surface area contributed by atoms with E-state index in [0.717, 1.165) is 22.1 Å². The van der Waals surface area contributed by atoms with E-state index in [2.05, 4.69) is 4.98 Å². The SMILES string of the molecule is N#Cc1cc2cc(-c3cccc(CN4CCCS4(=O)=O)c3)ccc2[nH]c1=O. The molecule has 0 spiro atoms. The summed E-state index contributed by atoms with van der Waals surface area (Å²) in [5.41, 5.74) is 3.17. The van der Waals surface area contributed by atoms with Gasteiger partial charge in [0.2, 0.25) is 10.0 Å². The number of nitrogens with one attached hydrogen (secondary N) is 1. The van der Waals surface area contributed by atoms with Crippen LogP contribution >= 0.6 is 0 Å². The first-order chi connectivity index (χ1) is 13.0. The van der Waals surface area contributed by atoms with Gasteiger partial charge in [0.25, 0.3) is 5.56 Å². The molecule has 0 saturated carbocycles. The zero-order valence-electron chi connectivity index (χ0n) is 14.5. The average molecular weight is 379 g/mol. The molecule has 1 aliphatic heterocycles. The van der Waals surface area contributed by atoms with E-state index < -0.39 is 15.6 Å². The van der Waals surface area contributed by atoms with Crippen LogP contribution in [0.3, 0.4) is 0 Å². The van der Waals surface area contributed by atoms with Crippen LogP contribution < -0.4 is 5.56 Å². The maximum atomic E-state index is 12.0. The minimum Gasteiger partial charge on any atom is -0.321 e. The van der Waals surface area contributed by atoms with Crippen molar-refractivity contribution in [3.05, 3.63) is 70.0 Å². The number of aromatic nitrogens is 1.